The second-order valence-electron chi connectivity index (χ2n) is 5.70. The largest absolute Gasteiger partial charge is 0.326 e. The van der Waals surface area contributed by atoms with E-state index in [0.717, 1.165) is 18.5 Å². The molecule has 0 aliphatic rings. The number of anilines is 1. The van der Waals surface area contributed by atoms with Gasteiger partial charge in [0.2, 0.25) is 5.91 Å². The number of hydrogen-bond donors (Lipinski definition) is 2. The Bertz CT molecular complexity index is 411. The third kappa shape index (κ3) is 5.03. The highest BCUT2D eigenvalue weighted by Gasteiger charge is 2.15. The van der Waals surface area contributed by atoms with E-state index >= 15 is 0 Å². The molecule has 0 aliphatic carbocycles. The Morgan fingerprint density at radius 2 is 1.74 bits per heavy atom. The zero-order chi connectivity index (χ0) is 14.5. The number of nitrogens with two attached hydrogens (primary N) is 1. The molecule has 1 rings (SSSR count). The molecule has 0 aromatic heterocycles. The average molecular weight is 262 g/mol. The van der Waals surface area contributed by atoms with Crippen molar-refractivity contribution in [3.8, 4) is 0 Å². The van der Waals surface area contributed by atoms with Crippen LogP contribution in [0.2, 0.25) is 0 Å². The Kier molecular flexibility index (Phi) is 5.55. The van der Waals surface area contributed by atoms with Gasteiger partial charge in [-0.25, -0.2) is 0 Å². The van der Waals surface area contributed by atoms with Gasteiger partial charge in [-0.15, -0.1) is 0 Å². The Hall–Kier alpha value is -1.35. The van der Waals surface area contributed by atoms with Crippen LogP contribution < -0.4 is 11.1 Å². The highest BCUT2D eigenvalue weighted by molar-refractivity contribution is 5.92. The van der Waals surface area contributed by atoms with E-state index in [1.54, 1.807) is 0 Å². The summed E-state index contributed by atoms with van der Waals surface area (Å²) in [5.74, 6) is 0.0501. The Balaban J connectivity index is 2.78. The van der Waals surface area contributed by atoms with Gasteiger partial charge in [0.1, 0.15) is 0 Å². The van der Waals surface area contributed by atoms with E-state index in [2.05, 4.69) is 37.4 Å². The molecule has 19 heavy (non-hydrogen) atoms. The van der Waals surface area contributed by atoms with E-state index in [4.69, 9.17) is 5.73 Å². The van der Waals surface area contributed by atoms with Gasteiger partial charge in [0.05, 0.1) is 0 Å². The minimum absolute atomic E-state index is 0.0501. The fourth-order valence-corrected chi connectivity index (χ4v) is 2.04. The third-order valence-electron chi connectivity index (χ3n) is 3.26. The highest BCUT2D eigenvalue weighted by atomic mass is 16.1. The first-order valence-corrected chi connectivity index (χ1v) is 7.07. The van der Waals surface area contributed by atoms with Crippen LogP contribution in [-0.2, 0) is 17.6 Å². The summed E-state index contributed by atoms with van der Waals surface area (Å²) in [6, 6.07) is 6.19. The number of aryl methyl sites for hydroxylation is 2. The minimum Gasteiger partial charge on any atom is -0.326 e. The molecule has 3 N–H and O–H groups in total. The van der Waals surface area contributed by atoms with Gasteiger partial charge in [0, 0.05) is 17.6 Å². The lowest BCUT2D eigenvalue weighted by Gasteiger charge is -2.19. The summed E-state index contributed by atoms with van der Waals surface area (Å²) in [4.78, 5) is 12.0. The Morgan fingerprint density at radius 1 is 1.21 bits per heavy atom. The Morgan fingerprint density at radius 3 is 2.16 bits per heavy atom. The van der Waals surface area contributed by atoms with Crippen molar-refractivity contribution in [2.75, 3.05) is 5.32 Å². The van der Waals surface area contributed by atoms with Crippen molar-refractivity contribution >= 4 is 11.6 Å². The lowest BCUT2D eigenvalue weighted by Crippen LogP contribution is -2.33. The van der Waals surface area contributed by atoms with Crippen LogP contribution in [0.4, 0.5) is 5.69 Å². The van der Waals surface area contributed by atoms with Crippen molar-refractivity contribution in [2.24, 2.45) is 5.73 Å². The fourth-order valence-electron chi connectivity index (χ4n) is 2.04. The van der Waals surface area contributed by atoms with Crippen molar-refractivity contribution in [2.45, 2.75) is 58.9 Å². The summed E-state index contributed by atoms with van der Waals surface area (Å²) in [6.45, 7) is 8.09. The first-order chi connectivity index (χ1) is 8.87. The summed E-state index contributed by atoms with van der Waals surface area (Å²) in [7, 11) is 0. The van der Waals surface area contributed by atoms with E-state index in [9.17, 15) is 4.79 Å². The maximum Gasteiger partial charge on any atom is 0.224 e. The van der Waals surface area contributed by atoms with Gasteiger partial charge in [-0.2, -0.15) is 0 Å². The highest BCUT2D eigenvalue weighted by Crippen LogP contribution is 2.23. The first-order valence-electron chi connectivity index (χ1n) is 7.07. The van der Waals surface area contributed by atoms with Gasteiger partial charge in [0.15, 0.2) is 0 Å². The first kappa shape index (κ1) is 15.7. The number of para-hydroxylation sites is 1. The maximum absolute atomic E-state index is 12.0. The number of carbonyl (C=O) groups excluding carboxylic acids is 1. The summed E-state index contributed by atoms with van der Waals surface area (Å²) in [6.07, 6.45) is 3.00. The molecule has 1 aromatic rings. The molecular formula is C16H26N2O. The molecule has 0 aliphatic heterocycles. The molecule has 3 nitrogen and oxygen atoms in total. The van der Waals surface area contributed by atoms with Crippen molar-refractivity contribution in [1.82, 2.24) is 0 Å². The van der Waals surface area contributed by atoms with Gasteiger partial charge >= 0.3 is 0 Å². The van der Waals surface area contributed by atoms with E-state index in [0.29, 0.717) is 12.8 Å². The second kappa shape index (κ2) is 6.71. The van der Waals surface area contributed by atoms with Crippen LogP contribution in [0.25, 0.3) is 0 Å². The molecule has 0 spiro atoms. The predicted molar refractivity (Wildman–Crippen MR) is 81.3 cm³/mol. The zero-order valence-corrected chi connectivity index (χ0v) is 12.5. The molecule has 3 heteroatoms. The van der Waals surface area contributed by atoms with E-state index < -0.39 is 0 Å². The average Bonchev–Trinajstić information content (AvgIpc) is 2.35. The van der Waals surface area contributed by atoms with Crippen LogP contribution >= 0.6 is 0 Å². The summed E-state index contributed by atoms with van der Waals surface area (Å²) in [5, 5.41) is 3.06. The van der Waals surface area contributed by atoms with Crippen LogP contribution in [-0.4, -0.2) is 11.4 Å². The van der Waals surface area contributed by atoms with Gasteiger partial charge in [-0.3, -0.25) is 4.79 Å². The normalized spacial score (nSPS) is 11.4. The Labute approximate surface area is 116 Å². The topological polar surface area (TPSA) is 55.1 Å². The summed E-state index contributed by atoms with van der Waals surface area (Å²) >= 11 is 0. The molecule has 0 bridgehead atoms. The van der Waals surface area contributed by atoms with Gasteiger partial charge < -0.3 is 11.1 Å². The van der Waals surface area contributed by atoms with Crippen LogP contribution in [0, 0.1) is 0 Å². The van der Waals surface area contributed by atoms with Crippen LogP contribution in [0.1, 0.15) is 51.7 Å². The van der Waals surface area contributed by atoms with Crippen molar-refractivity contribution in [3.05, 3.63) is 29.3 Å². The second-order valence-corrected chi connectivity index (χ2v) is 5.70. The standard InChI is InChI=1S/C16H26N2O/c1-5-12-8-7-9-13(6-2)15(12)18-14(19)10-11-16(3,4)17/h7-9H,5-6,10-11,17H2,1-4H3,(H,18,19). The van der Waals surface area contributed by atoms with E-state index in [1.165, 1.54) is 11.1 Å². The maximum atomic E-state index is 12.0. The van der Waals surface area contributed by atoms with Gasteiger partial charge in [-0.1, -0.05) is 32.0 Å². The molecular weight excluding hydrogens is 236 g/mol. The molecule has 1 amide bonds. The number of benzene rings is 1. The quantitative estimate of drug-likeness (QED) is 0.826. The lowest BCUT2D eigenvalue weighted by atomic mass is 9.99. The molecule has 0 radical (unpaired) electrons. The summed E-state index contributed by atoms with van der Waals surface area (Å²) in [5.41, 5.74) is 8.99. The van der Waals surface area contributed by atoms with E-state index in [-0.39, 0.29) is 11.4 Å². The fraction of sp³-hybridized carbons (Fsp3) is 0.562. The van der Waals surface area contributed by atoms with Crippen molar-refractivity contribution in [1.29, 1.82) is 0 Å². The molecule has 0 saturated carbocycles. The van der Waals surface area contributed by atoms with Gasteiger partial charge in [-0.05, 0) is 44.2 Å². The molecule has 0 heterocycles. The molecule has 0 unspecified atom stereocenters. The molecule has 1 aromatic carbocycles. The van der Waals surface area contributed by atoms with Crippen LogP contribution in [0.5, 0.6) is 0 Å². The predicted octanol–water partition coefficient (Wildman–Crippen LogP) is 3.27. The number of amides is 1. The zero-order valence-electron chi connectivity index (χ0n) is 12.5. The number of nitrogens with one attached hydrogen (secondary N) is 1. The van der Waals surface area contributed by atoms with Crippen LogP contribution in [0.15, 0.2) is 18.2 Å². The number of carbonyl (C=O) groups is 1. The van der Waals surface area contributed by atoms with Crippen LogP contribution in [0.3, 0.4) is 0 Å². The molecule has 106 valence electrons. The minimum atomic E-state index is -0.296. The van der Waals surface area contributed by atoms with Crippen molar-refractivity contribution < 1.29 is 4.79 Å². The molecule has 0 fully saturated rings. The molecule has 0 atom stereocenters. The number of hydrogen-bond acceptors (Lipinski definition) is 2. The number of rotatable bonds is 6. The smallest absolute Gasteiger partial charge is 0.224 e. The monoisotopic (exact) mass is 262 g/mol. The summed E-state index contributed by atoms with van der Waals surface area (Å²) < 4.78 is 0. The van der Waals surface area contributed by atoms with E-state index in [1.807, 2.05) is 13.8 Å². The lowest BCUT2D eigenvalue weighted by molar-refractivity contribution is -0.116. The third-order valence-corrected chi connectivity index (χ3v) is 3.26. The van der Waals surface area contributed by atoms with Crippen molar-refractivity contribution in [3.63, 3.8) is 0 Å². The van der Waals surface area contributed by atoms with Gasteiger partial charge in [0.25, 0.3) is 0 Å². The molecule has 0 saturated heterocycles. The SMILES string of the molecule is CCc1cccc(CC)c1NC(=O)CCC(C)(C)N.